The van der Waals surface area contributed by atoms with Gasteiger partial charge in [0, 0.05) is 11.3 Å². The second-order valence-corrected chi connectivity index (χ2v) is 2.37. The highest BCUT2D eigenvalue weighted by molar-refractivity contribution is 5.95. The SMILES string of the molecule is N=C(N)c1ccc(N)cc1.NC(=O)O. The number of hydrogen-bond donors (Lipinski definition) is 5. The predicted octanol–water partition coefficient (Wildman–Crippen LogP) is 0.176. The third-order valence-corrected chi connectivity index (χ3v) is 1.22. The first-order valence-corrected chi connectivity index (χ1v) is 3.62. The highest BCUT2D eigenvalue weighted by Crippen LogP contribution is 2.03. The zero-order chi connectivity index (χ0) is 11.1. The number of carbonyl (C=O) groups is 1. The topological polar surface area (TPSA) is 139 Å². The number of amides is 1. The van der Waals surface area contributed by atoms with Gasteiger partial charge < -0.3 is 22.3 Å². The van der Waals surface area contributed by atoms with Crippen molar-refractivity contribution in [2.75, 3.05) is 5.73 Å². The number of carboxylic acid groups (broad SMARTS) is 1. The number of primary amides is 1. The molecule has 1 aromatic rings. The van der Waals surface area contributed by atoms with Gasteiger partial charge in [0.05, 0.1) is 0 Å². The van der Waals surface area contributed by atoms with Gasteiger partial charge in [0.2, 0.25) is 0 Å². The van der Waals surface area contributed by atoms with Crippen LogP contribution in [0.15, 0.2) is 24.3 Å². The van der Waals surface area contributed by atoms with Gasteiger partial charge in [0.25, 0.3) is 0 Å². The van der Waals surface area contributed by atoms with E-state index >= 15 is 0 Å². The maximum absolute atomic E-state index is 8.78. The van der Waals surface area contributed by atoms with Crippen LogP contribution >= 0.6 is 0 Å². The number of amidine groups is 1. The van der Waals surface area contributed by atoms with Crippen molar-refractivity contribution in [2.24, 2.45) is 11.5 Å². The second-order valence-electron chi connectivity index (χ2n) is 2.37. The molecule has 6 nitrogen and oxygen atoms in total. The summed E-state index contributed by atoms with van der Waals surface area (Å²) in [6.45, 7) is 0. The number of nitrogens with two attached hydrogens (primary N) is 3. The Balaban J connectivity index is 0.000000364. The third-order valence-electron chi connectivity index (χ3n) is 1.22. The molecule has 0 aliphatic carbocycles. The van der Waals surface area contributed by atoms with Crippen LogP contribution in [-0.2, 0) is 0 Å². The number of anilines is 1. The minimum Gasteiger partial charge on any atom is -0.465 e. The Bertz CT molecular complexity index is 317. The fraction of sp³-hybridized carbons (Fsp3) is 0. The average molecular weight is 196 g/mol. The zero-order valence-electron chi connectivity index (χ0n) is 7.40. The predicted molar refractivity (Wildman–Crippen MR) is 54.1 cm³/mol. The standard InChI is InChI=1S/C7H9N3.CH3NO2/c8-6-3-1-5(2-4-6)7(9)10;2-1(3)4/h1-4H,8H2,(H3,9,10);2H2,(H,3,4). The van der Waals surface area contributed by atoms with Crippen molar-refractivity contribution in [3.63, 3.8) is 0 Å². The summed E-state index contributed by atoms with van der Waals surface area (Å²) in [7, 11) is 0. The van der Waals surface area contributed by atoms with Gasteiger partial charge in [-0.3, -0.25) is 5.41 Å². The summed E-state index contributed by atoms with van der Waals surface area (Å²) in [6.07, 6.45) is -1.33. The van der Waals surface area contributed by atoms with Gasteiger partial charge >= 0.3 is 6.09 Å². The van der Waals surface area contributed by atoms with Crippen LogP contribution in [0.1, 0.15) is 5.56 Å². The van der Waals surface area contributed by atoms with E-state index in [4.69, 9.17) is 26.8 Å². The first-order chi connectivity index (χ1) is 6.43. The maximum Gasteiger partial charge on any atom is 0.402 e. The van der Waals surface area contributed by atoms with Crippen molar-refractivity contribution in [3.8, 4) is 0 Å². The van der Waals surface area contributed by atoms with Crippen LogP contribution in [0.2, 0.25) is 0 Å². The Labute approximate surface area is 80.8 Å². The average Bonchev–Trinajstić information content (AvgIpc) is 2.03. The summed E-state index contributed by atoms with van der Waals surface area (Å²) in [5.74, 6) is 0.0694. The van der Waals surface area contributed by atoms with Gasteiger partial charge in [0.15, 0.2) is 0 Å². The summed E-state index contributed by atoms with van der Waals surface area (Å²) in [5, 5.41) is 14.2. The lowest BCUT2D eigenvalue weighted by Crippen LogP contribution is -2.10. The van der Waals surface area contributed by atoms with Crippen molar-refractivity contribution < 1.29 is 9.90 Å². The molecule has 0 bridgehead atoms. The molecule has 0 atom stereocenters. The van der Waals surface area contributed by atoms with E-state index in [0.29, 0.717) is 11.3 Å². The zero-order valence-corrected chi connectivity index (χ0v) is 7.40. The van der Waals surface area contributed by atoms with E-state index in [1.165, 1.54) is 0 Å². The molecule has 6 heteroatoms. The van der Waals surface area contributed by atoms with Crippen molar-refractivity contribution in [1.82, 2.24) is 0 Å². The Morgan fingerprint density at radius 1 is 1.21 bits per heavy atom. The summed E-state index contributed by atoms with van der Waals surface area (Å²) in [4.78, 5) is 8.78. The maximum atomic E-state index is 8.78. The summed E-state index contributed by atoms with van der Waals surface area (Å²) in [6, 6.07) is 6.88. The van der Waals surface area contributed by atoms with Crippen LogP contribution in [0.3, 0.4) is 0 Å². The first-order valence-electron chi connectivity index (χ1n) is 3.62. The molecule has 1 amide bonds. The van der Waals surface area contributed by atoms with E-state index in [-0.39, 0.29) is 5.84 Å². The third kappa shape index (κ3) is 5.42. The Kier molecular flexibility index (Phi) is 4.55. The Morgan fingerprint density at radius 3 is 1.86 bits per heavy atom. The van der Waals surface area contributed by atoms with E-state index in [9.17, 15) is 0 Å². The monoisotopic (exact) mass is 196 g/mol. The largest absolute Gasteiger partial charge is 0.465 e. The fourth-order valence-electron chi connectivity index (χ4n) is 0.663. The molecule has 0 radical (unpaired) electrons. The molecule has 0 unspecified atom stereocenters. The minimum absolute atomic E-state index is 0.0694. The highest BCUT2D eigenvalue weighted by atomic mass is 16.4. The van der Waals surface area contributed by atoms with Crippen LogP contribution in [0.4, 0.5) is 10.5 Å². The number of rotatable bonds is 1. The smallest absolute Gasteiger partial charge is 0.402 e. The fourth-order valence-corrected chi connectivity index (χ4v) is 0.663. The minimum atomic E-state index is -1.33. The molecule has 1 rings (SSSR count). The molecule has 0 aliphatic rings. The Morgan fingerprint density at radius 2 is 1.57 bits per heavy atom. The number of benzene rings is 1. The van der Waals surface area contributed by atoms with Crippen molar-refractivity contribution >= 4 is 17.6 Å². The lowest BCUT2D eigenvalue weighted by Gasteiger charge is -1.96. The van der Waals surface area contributed by atoms with Crippen LogP contribution in [-0.4, -0.2) is 17.0 Å². The molecule has 1 aromatic carbocycles. The van der Waals surface area contributed by atoms with Crippen molar-refractivity contribution in [3.05, 3.63) is 29.8 Å². The lowest BCUT2D eigenvalue weighted by molar-refractivity contribution is 0.205. The molecular formula is C8H12N4O2. The van der Waals surface area contributed by atoms with Crippen molar-refractivity contribution in [1.29, 1.82) is 5.41 Å². The molecular weight excluding hydrogens is 184 g/mol. The molecule has 0 heterocycles. The van der Waals surface area contributed by atoms with Gasteiger partial charge in [-0.1, -0.05) is 0 Å². The van der Waals surface area contributed by atoms with Crippen LogP contribution < -0.4 is 17.2 Å². The van der Waals surface area contributed by atoms with Gasteiger partial charge in [0.1, 0.15) is 5.84 Å². The van der Waals surface area contributed by atoms with Crippen LogP contribution in [0.25, 0.3) is 0 Å². The van der Waals surface area contributed by atoms with Crippen molar-refractivity contribution in [2.45, 2.75) is 0 Å². The van der Waals surface area contributed by atoms with E-state index in [2.05, 4.69) is 5.73 Å². The molecule has 0 saturated carbocycles. The first kappa shape index (κ1) is 11.8. The van der Waals surface area contributed by atoms with E-state index in [1.54, 1.807) is 24.3 Å². The molecule has 76 valence electrons. The van der Waals surface area contributed by atoms with Gasteiger partial charge in [-0.15, -0.1) is 0 Å². The molecule has 0 saturated heterocycles. The number of nitrogens with one attached hydrogen (secondary N) is 1. The van der Waals surface area contributed by atoms with E-state index in [0.717, 1.165) is 0 Å². The normalized spacial score (nSPS) is 8.29. The summed E-state index contributed by atoms with van der Waals surface area (Å²) >= 11 is 0. The molecule has 0 fully saturated rings. The van der Waals surface area contributed by atoms with Crippen LogP contribution in [0, 0.1) is 5.41 Å². The number of nitrogen functional groups attached to an aromatic ring is 2. The van der Waals surface area contributed by atoms with Crippen LogP contribution in [0.5, 0.6) is 0 Å². The lowest BCUT2D eigenvalue weighted by atomic mass is 10.2. The molecule has 8 N–H and O–H groups in total. The second kappa shape index (κ2) is 5.41. The number of hydrogen-bond acceptors (Lipinski definition) is 3. The molecule has 0 aliphatic heterocycles. The summed E-state index contributed by atoms with van der Waals surface area (Å²) in [5.41, 5.74) is 16.0. The highest BCUT2D eigenvalue weighted by Gasteiger charge is 1.92. The molecule has 0 spiro atoms. The van der Waals surface area contributed by atoms with Gasteiger partial charge in [-0.25, -0.2) is 4.79 Å². The summed E-state index contributed by atoms with van der Waals surface area (Å²) < 4.78 is 0. The van der Waals surface area contributed by atoms with E-state index in [1.807, 2.05) is 0 Å². The van der Waals surface area contributed by atoms with E-state index < -0.39 is 6.09 Å². The van der Waals surface area contributed by atoms with Gasteiger partial charge in [-0.05, 0) is 24.3 Å². The quantitative estimate of drug-likeness (QED) is 0.248. The Hall–Kier alpha value is -2.24. The molecule has 0 aromatic heterocycles. The molecule has 14 heavy (non-hydrogen) atoms. The van der Waals surface area contributed by atoms with Gasteiger partial charge in [-0.2, -0.15) is 0 Å².